The number of carbonyl (C=O) groups excluding carboxylic acids is 2. The van der Waals surface area contributed by atoms with Crippen molar-refractivity contribution in [3.05, 3.63) is 0 Å². The maximum absolute atomic E-state index is 12.6. The number of likely N-dealkylation sites (tertiary alicyclic amines) is 1. The molecular weight excluding hydrogens is 278 g/mol. The van der Waals surface area contributed by atoms with Gasteiger partial charge in [0.1, 0.15) is 0 Å². The third kappa shape index (κ3) is 3.80. The first-order valence-corrected chi connectivity index (χ1v) is 8.82. The number of amides is 2. The quantitative estimate of drug-likeness (QED) is 0.811. The summed E-state index contributed by atoms with van der Waals surface area (Å²) in [6, 6.07) is 0. The van der Waals surface area contributed by atoms with Crippen LogP contribution < -0.4 is 11.1 Å². The van der Waals surface area contributed by atoms with Gasteiger partial charge in [-0.15, -0.1) is 0 Å². The first-order chi connectivity index (χ1) is 10.5. The molecule has 2 atom stereocenters. The Balaban J connectivity index is 1.94. The molecule has 1 saturated heterocycles. The Morgan fingerprint density at radius 3 is 2.59 bits per heavy atom. The predicted octanol–water partition coefficient (Wildman–Crippen LogP) is 1.66. The molecule has 2 fully saturated rings. The molecule has 5 nitrogen and oxygen atoms in total. The maximum Gasteiger partial charge on any atom is 0.225 e. The molecule has 126 valence electrons. The van der Waals surface area contributed by atoms with Gasteiger partial charge in [0.25, 0.3) is 0 Å². The van der Waals surface area contributed by atoms with Gasteiger partial charge < -0.3 is 16.0 Å². The molecule has 1 heterocycles. The van der Waals surface area contributed by atoms with Gasteiger partial charge in [-0.3, -0.25) is 9.59 Å². The molecule has 1 aliphatic heterocycles. The standard InChI is InChI=1S/C17H31N3O2/c1-3-13(2)16(22)20-10-6-7-14(11-20)15(21)19-17(12-18)8-4-5-9-17/h13-14H,3-12,18H2,1-2H3,(H,19,21). The second-order valence-electron chi connectivity index (χ2n) is 7.11. The topological polar surface area (TPSA) is 75.4 Å². The van der Waals surface area contributed by atoms with Gasteiger partial charge in [-0.2, -0.15) is 0 Å². The second kappa shape index (κ2) is 7.44. The Hall–Kier alpha value is -1.10. The normalized spacial score (nSPS) is 25.8. The van der Waals surface area contributed by atoms with E-state index in [1.807, 2.05) is 18.7 Å². The highest BCUT2D eigenvalue weighted by molar-refractivity contribution is 5.82. The molecule has 0 aromatic carbocycles. The van der Waals surface area contributed by atoms with Crippen LogP contribution in [-0.4, -0.2) is 41.9 Å². The molecule has 5 heteroatoms. The zero-order chi connectivity index (χ0) is 16.2. The fourth-order valence-electron chi connectivity index (χ4n) is 3.67. The van der Waals surface area contributed by atoms with Gasteiger partial charge in [0.15, 0.2) is 0 Å². The molecule has 3 N–H and O–H groups in total. The lowest BCUT2D eigenvalue weighted by atomic mass is 9.92. The molecule has 2 unspecified atom stereocenters. The van der Waals surface area contributed by atoms with Gasteiger partial charge >= 0.3 is 0 Å². The Bertz CT molecular complexity index is 405. The number of nitrogens with two attached hydrogens (primary N) is 1. The Morgan fingerprint density at radius 2 is 2.00 bits per heavy atom. The summed E-state index contributed by atoms with van der Waals surface area (Å²) in [5.74, 6) is 0.251. The van der Waals surface area contributed by atoms with Gasteiger partial charge in [0.05, 0.1) is 11.5 Å². The fraction of sp³-hybridized carbons (Fsp3) is 0.882. The van der Waals surface area contributed by atoms with E-state index in [4.69, 9.17) is 5.73 Å². The largest absolute Gasteiger partial charge is 0.349 e. The molecule has 2 rings (SSSR count). The van der Waals surface area contributed by atoms with Crippen LogP contribution in [0.4, 0.5) is 0 Å². The molecular formula is C17H31N3O2. The summed E-state index contributed by atoms with van der Waals surface area (Å²) in [4.78, 5) is 26.8. The third-order valence-electron chi connectivity index (χ3n) is 5.48. The van der Waals surface area contributed by atoms with E-state index in [-0.39, 0.29) is 29.2 Å². The van der Waals surface area contributed by atoms with Crippen LogP contribution in [0.1, 0.15) is 58.8 Å². The Morgan fingerprint density at radius 1 is 1.32 bits per heavy atom. The van der Waals surface area contributed by atoms with Crippen LogP contribution >= 0.6 is 0 Å². The summed E-state index contributed by atoms with van der Waals surface area (Å²) in [5, 5.41) is 3.21. The smallest absolute Gasteiger partial charge is 0.225 e. The van der Waals surface area contributed by atoms with E-state index in [0.29, 0.717) is 13.1 Å². The molecule has 22 heavy (non-hydrogen) atoms. The number of nitrogens with one attached hydrogen (secondary N) is 1. The van der Waals surface area contributed by atoms with Crippen molar-refractivity contribution in [1.29, 1.82) is 0 Å². The van der Waals surface area contributed by atoms with Crippen LogP contribution in [0.25, 0.3) is 0 Å². The minimum absolute atomic E-state index is 0.0482. The highest BCUT2D eigenvalue weighted by atomic mass is 16.2. The zero-order valence-electron chi connectivity index (χ0n) is 14.1. The summed E-state index contributed by atoms with van der Waals surface area (Å²) in [6.45, 7) is 5.86. The van der Waals surface area contributed by atoms with Crippen LogP contribution in [0.5, 0.6) is 0 Å². The van der Waals surface area contributed by atoms with E-state index in [0.717, 1.165) is 51.5 Å². The summed E-state index contributed by atoms with van der Waals surface area (Å²) in [5.41, 5.74) is 5.71. The van der Waals surface area contributed by atoms with Crippen molar-refractivity contribution in [1.82, 2.24) is 10.2 Å². The van der Waals surface area contributed by atoms with Crippen molar-refractivity contribution in [2.45, 2.75) is 64.3 Å². The highest BCUT2D eigenvalue weighted by Gasteiger charge is 2.37. The SMILES string of the molecule is CCC(C)C(=O)N1CCCC(C(=O)NC2(CN)CCCC2)C1. The van der Waals surface area contributed by atoms with Gasteiger partial charge in [0.2, 0.25) is 11.8 Å². The number of carbonyl (C=O) groups is 2. The summed E-state index contributed by atoms with van der Waals surface area (Å²) in [7, 11) is 0. The number of piperidine rings is 1. The van der Waals surface area contributed by atoms with Crippen molar-refractivity contribution >= 4 is 11.8 Å². The lowest BCUT2D eigenvalue weighted by Gasteiger charge is -2.36. The molecule has 0 bridgehead atoms. The average molecular weight is 309 g/mol. The third-order valence-corrected chi connectivity index (χ3v) is 5.48. The van der Waals surface area contributed by atoms with Gasteiger partial charge in [0, 0.05) is 25.6 Å². The maximum atomic E-state index is 12.6. The summed E-state index contributed by atoms with van der Waals surface area (Å²) < 4.78 is 0. The number of nitrogens with zero attached hydrogens (tertiary/aromatic N) is 1. The van der Waals surface area contributed by atoms with E-state index in [1.165, 1.54) is 0 Å². The minimum Gasteiger partial charge on any atom is -0.349 e. The van der Waals surface area contributed by atoms with Crippen LogP contribution in [0.2, 0.25) is 0 Å². The molecule has 0 aromatic rings. The van der Waals surface area contributed by atoms with Crippen LogP contribution in [-0.2, 0) is 9.59 Å². The van der Waals surface area contributed by atoms with Crippen molar-refractivity contribution < 1.29 is 9.59 Å². The van der Waals surface area contributed by atoms with Crippen molar-refractivity contribution in [3.8, 4) is 0 Å². The molecule has 2 aliphatic rings. The Kier molecular flexibility index (Phi) is 5.84. The molecule has 0 spiro atoms. The lowest BCUT2D eigenvalue weighted by Crippen LogP contribution is -2.55. The number of hydrogen-bond donors (Lipinski definition) is 2. The van der Waals surface area contributed by atoms with E-state index < -0.39 is 0 Å². The molecule has 0 radical (unpaired) electrons. The number of hydrogen-bond acceptors (Lipinski definition) is 3. The van der Waals surface area contributed by atoms with E-state index in [1.54, 1.807) is 0 Å². The fourth-order valence-corrected chi connectivity index (χ4v) is 3.67. The number of rotatable bonds is 5. The van der Waals surface area contributed by atoms with E-state index in [2.05, 4.69) is 5.32 Å². The van der Waals surface area contributed by atoms with Crippen LogP contribution in [0, 0.1) is 11.8 Å². The van der Waals surface area contributed by atoms with Crippen molar-refractivity contribution in [2.24, 2.45) is 17.6 Å². The highest BCUT2D eigenvalue weighted by Crippen LogP contribution is 2.29. The van der Waals surface area contributed by atoms with E-state index in [9.17, 15) is 9.59 Å². The van der Waals surface area contributed by atoms with Crippen molar-refractivity contribution in [3.63, 3.8) is 0 Å². The van der Waals surface area contributed by atoms with Crippen molar-refractivity contribution in [2.75, 3.05) is 19.6 Å². The summed E-state index contributed by atoms with van der Waals surface area (Å²) >= 11 is 0. The Labute approximate surface area is 134 Å². The zero-order valence-corrected chi connectivity index (χ0v) is 14.1. The molecule has 1 saturated carbocycles. The predicted molar refractivity (Wildman–Crippen MR) is 87.2 cm³/mol. The van der Waals surface area contributed by atoms with Crippen LogP contribution in [0.15, 0.2) is 0 Å². The van der Waals surface area contributed by atoms with Crippen LogP contribution in [0.3, 0.4) is 0 Å². The average Bonchev–Trinajstić information content (AvgIpc) is 3.02. The first-order valence-electron chi connectivity index (χ1n) is 8.82. The molecule has 1 aliphatic carbocycles. The molecule has 0 aromatic heterocycles. The van der Waals surface area contributed by atoms with Gasteiger partial charge in [-0.05, 0) is 32.1 Å². The van der Waals surface area contributed by atoms with Gasteiger partial charge in [-0.1, -0.05) is 26.7 Å². The molecule has 2 amide bonds. The van der Waals surface area contributed by atoms with E-state index >= 15 is 0 Å². The van der Waals surface area contributed by atoms with Gasteiger partial charge in [-0.25, -0.2) is 0 Å². The lowest BCUT2D eigenvalue weighted by molar-refractivity contribution is -0.139. The summed E-state index contributed by atoms with van der Waals surface area (Å²) in [6.07, 6.45) is 6.88. The first kappa shape index (κ1) is 17.3. The monoisotopic (exact) mass is 309 g/mol. The minimum atomic E-state index is -0.194. The second-order valence-corrected chi connectivity index (χ2v) is 7.11.